The van der Waals surface area contributed by atoms with Crippen LogP contribution in [0.4, 0.5) is 0 Å². The molecule has 0 unspecified atom stereocenters. The minimum absolute atomic E-state index is 0.0244. The van der Waals surface area contributed by atoms with Gasteiger partial charge in [-0.1, -0.05) is 44.0 Å². The first-order valence-electron chi connectivity index (χ1n) is 6.12. The van der Waals surface area contributed by atoms with Crippen LogP contribution in [0.5, 0.6) is 0 Å². The lowest BCUT2D eigenvalue weighted by Crippen LogP contribution is -2.16. The first-order valence-corrected chi connectivity index (χ1v) is 6.12. The van der Waals surface area contributed by atoms with E-state index in [1.54, 1.807) is 24.3 Å². The summed E-state index contributed by atoms with van der Waals surface area (Å²) in [5, 5.41) is 0. The van der Waals surface area contributed by atoms with Crippen LogP contribution in [-0.4, -0.2) is 11.6 Å². The zero-order valence-corrected chi connectivity index (χ0v) is 10.0. The zero-order valence-electron chi connectivity index (χ0n) is 10.0. The van der Waals surface area contributed by atoms with Crippen molar-refractivity contribution in [3.8, 4) is 0 Å². The number of hydrogen-bond donors (Lipinski definition) is 0. The van der Waals surface area contributed by atoms with Crippen LogP contribution in [0.25, 0.3) is 0 Å². The molecule has 0 N–H and O–H groups in total. The molecule has 1 aliphatic rings. The molecule has 17 heavy (non-hydrogen) atoms. The number of carbonyl (C=O) groups excluding carboxylic acids is 2. The number of allylic oxidation sites excluding steroid dienone is 2. The molecule has 1 aromatic carbocycles. The summed E-state index contributed by atoms with van der Waals surface area (Å²) in [4.78, 5) is 24.0. The number of ketones is 2. The van der Waals surface area contributed by atoms with E-state index in [-0.39, 0.29) is 11.6 Å². The van der Waals surface area contributed by atoms with Crippen LogP contribution in [0, 0.1) is 0 Å². The predicted octanol–water partition coefficient (Wildman–Crippen LogP) is 3.57. The third kappa shape index (κ3) is 2.36. The van der Waals surface area contributed by atoms with Crippen molar-refractivity contribution in [1.82, 2.24) is 0 Å². The van der Waals surface area contributed by atoms with E-state index < -0.39 is 0 Å². The number of unbranched alkanes of at least 4 members (excludes halogenated alkanes) is 2. The van der Waals surface area contributed by atoms with Crippen molar-refractivity contribution < 1.29 is 9.59 Å². The Morgan fingerprint density at radius 2 is 1.71 bits per heavy atom. The number of hydrogen-bond acceptors (Lipinski definition) is 2. The minimum Gasteiger partial charge on any atom is -0.289 e. The molecule has 1 aromatic rings. The van der Waals surface area contributed by atoms with Gasteiger partial charge >= 0.3 is 0 Å². The number of fused-ring (bicyclic) bond motifs is 1. The standard InChI is InChI=1S/C15H16O2/c1-2-3-4-7-11-10-14(16)12-8-5-6-9-13(12)15(11)17/h5-6,8-10H,2-4,7H2,1H3. The summed E-state index contributed by atoms with van der Waals surface area (Å²) in [6.45, 7) is 2.12. The Hall–Kier alpha value is -1.70. The molecule has 0 aromatic heterocycles. The van der Waals surface area contributed by atoms with E-state index in [1.807, 2.05) is 0 Å². The highest BCUT2D eigenvalue weighted by molar-refractivity contribution is 6.24. The second kappa shape index (κ2) is 5.09. The van der Waals surface area contributed by atoms with Gasteiger partial charge < -0.3 is 0 Å². The van der Waals surface area contributed by atoms with Crippen LogP contribution in [0.2, 0.25) is 0 Å². The number of rotatable bonds is 4. The summed E-state index contributed by atoms with van der Waals surface area (Å²) in [6.07, 6.45) is 5.42. The molecule has 0 saturated carbocycles. The van der Waals surface area contributed by atoms with Crippen molar-refractivity contribution in [2.45, 2.75) is 32.6 Å². The Morgan fingerprint density at radius 1 is 1.00 bits per heavy atom. The van der Waals surface area contributed by atoms with Crippen molar-refractivity contribution in [3.05, 3.63) is 47.0 Å². The van der Waals surface area contributed by atoms with Gasteiger partial charge in [-0.25, -0.2) is 0 Å². The van der Waals surface area contributed by atoms with Crippen LogP contribution < -0.4 is 0 Å². The third-order valence-electron chi connectivity index (χ3n) is 3.08. The Bertz CT molecular complexity index is 483. The zero-order chi connectivity index (χ0) is 12.3. The van der Waals surface area contributed by atoms with E-state index in [4.69, 9.17) is 0 Å². The molecule has 88 valence electrons. The largest absolute Gasteiger partial charge is 0.289 e. The van der Waals surface area contributed by atoms with Gasteiger partial charge in [0, 0.05) is 16.7 Å². The van der Waals surface area contributed by atoms with Crippen LogP contribution in [0.3, 0.4) is 0 Å². The van der Waals surface area contributed by atoms with Gasteiger partial charge in [-0.2, -0.15) is 0 Å². The topological polar surface area (TPSA) is 34.1 Å². The van der Waals surface area contributed by atoms with Gasteiger partial charge in [0.15, 0.2) is 11.6 Å². The van der Waals surface area contributed by atoms with Crippen molar-refractivity contribution in [1.29, 1.82) is 0 Å². The van der Waals surface area contributed by atoms with Gasteiger partial charge in [-0.3, -0.25) is 9.59 Å². The summed E-state index contributed by atoms with van der Waals surface area (Å²) < 4.78 is 0. The fraction of sp³-hybridized carbons (Fsp3) is 0.333. The van der Waals surface area contributed by atoms with Crippen LogP contribution in [-0.2, 0) is 0 Å². The summed E-state index contributed by atoms with van der Waals surface area (Å²) in [5.41, 5.74) is 1.77. The van der Waals surface area contributed by atoms with E-state index in [0.29, 0.717) is 23.1 Å². The van der Waals surface area contributed by atoms with E-state index in [9.17, 15) is 9.59 Å². The summed E-state index contributed by atoms with van der Waals surface area (Å²) in [6, 6.07) is 7.05. The van der Waals surface area contributed by atoms with Crippen molar-refractivity contribution >= 4 is 11.6 Å². The summed E-state index contributed by atoms with van der Waals surface area (Å²) in [7, 11) is 0. The monoisotopic (exact) mass is 228 g/mol. The minimum atomic E-state index is -0.0355. The second-order valence-corrected chi connectivity index (χ2v) is 4.37. The van der Waals surface area contributed by atoms with E-state index >= 15 is 0 Å². The van der Waals surface area contributed by atoms with Gasteiger partial charge in [0.1, 0.15) is 0 Å². The summed E-state index contributed by atoms with van der Waals surface area (Å²) >= 11 is 0. The Morgan fingerprint density at radius 3 is 2.41 bits per heavy atom. The average Bonchev–Trinajstić information content (AvgIpc) is 2.36. The van der Waals surface area contributed by atoms with Gasteiger partial charge in [0.05, 0.1) is 0 Å². The molecular formula is C15H16O2. The predicted molar refractivity (Wildman–Crippen MR) is 67.3 cm³/mol. The van der Waals surface area contributed by atoms with Gasteiger partial charge in [-0.05, 0) is 18.9 Å². The van der Waals surface area contributed by atoms with Crippen LogP contribution in [0.1, 0.15) is 53.3 Å². The SMILES string of the molecule is CCCCCC1=CC(=O)c2ccccc2C1=O. The summed E-state index contributed by atoms with van der Waals surface area (Å²) in [5.74, 6) is -0.0111. The molecule has 0 saturated heterocycles. The molecule has 2 heteroatoms. The first-order chi connectivity index (χ1) is 8.24. The Labute approximate surface area is 101 Å². The third-order valence-corrected chi connectivity index (χ3v) is 3.08. The van der Waals surface area contributed by atoms with E-state index in [1.165, 1.54) is 6.08 Å². The normalized spacial score (nSPS) is 14.5. The number of benzene rings is 1. The Kier molecular flexibility index (Phi) is 3.52. The highest BCUT2D eigenvalue weighted by Gasteiger charge is 2.24. The van der Waals surface area contributed by atoms with Crippen molar-refractivity contribution in [2.75, 3.05) is 0 Å². The molecule has 0 heterocycles. The average molecular weight is 228 g/mol. The van der Waals surface area contributed by atoms with Gasteiger partial charge in [-0.15, -0.1) is 0 Å². The molecule has 2 nitrogen and oxygen atoms in total. The molecule has 0 atom stereocenters. The fourth-order valence-corrected chi connectivity index (χ4v) is 2.12. The highest BCUT2D eigenvalue weighted by Crippen LogP contribution is 2.24. The molecule has 0 amide bonds. The highest BCUT2D eigenvalue weighted by atomic mass is 16.1. The smallest absolute Gasteiger partial charge is 0.189 e. The van der Waals surface area contributed by atoms with Crippen molar-refractivity contribution in [3.63, 3.8) is 0 Å². The fourth-order valence-electron chi connectivity index (χ4n) is 2.12. The molecule has 0 bridgehead atoms. The van der Waals surface area contributed by atoms with E-state index in [0.717, 1.165) is 19.3 Å². The number of carbonyl (C=O) groups is 2. The first kappa shape index (κ1) is 11.8. The molecule has 0 fully saturated rings. The number of Topliss-reactive ketones (excluding diaryl/α,β-unsaturated/α-hetero) is 1. The lowest BCUT2D eigenvalue weighted by Gasteiger charge is -2.14. The Balaban J connectivity index is 2.23. The quantitative estimate of drug-likeness (QED) is 0.738. The molecule has 0 spiro atoms. The molecule has 2 rings (SSSR count). The maximum absolute atomic E-state index is 12.1. The van der Waals surface area contributed by atoms with Crippen molar-refractivity contribution in [2.24, 2.45) is 0 Å². The molecule has 0 radical (unpaired) electrons. The van der Waals surface area contributed by atoms with Gasteiger partial charge in [0.2, 0.25) is 0 Å². The lowest BCUT2D eigenvalue weighted by molar-refractivity contribution is 0.0981. The van der Waals surface area contributed by atoms with E-state index in [2.05, 4.69) is 6.92 Å². The van der Waals surface area contributed by atoms with Crippen LogP contribution in [0.15, 0.2) is 35.9 Å². The van der Waals surface area contributed by atoms with Gasteiger partial charge in [0.25, 0.3) is 0 Å². The lowest BCUT2D eigenvalue weighted by atomic mass is 9.87. The molecular weight excluding hydrogens is 212 g/mol. The van der Waals surface area contributed by atoms with Crippen LogP contribution >= 0.6 is 0 Å². The maximum atomic E-state index is 12.1. The maximum Gasteiger partial charge on any atom is 0.189 e. The second-order valence-electron chi connectivity index (χ2n) is 4.37. The molecule has 1 aliphatic carbocycles. The molecule has 0 aliphatic heterocycles.